The predicted octanol–water partition coefficient (Wildman–Crippen LogP) is 2.26. The second-order valence-electron chi connectivity index (χ2n) is 6.41. The molecule has 0 bridgehead atoms. The van der Waals surface area contributed by atoms with Crippen LogP contribution in [0.25, 0.3) is 0 Å². The lowest BCUT2D eigenvalue weighted by Gasteiger charge is -2.31. The Bertz CT molecular complexity index is 700. The van der Waals surface area contributed by atoms with E-state index < -0.39 is 0 Å². The molecule has 0 spiro atoms. The first-order valence-electron chi connectivity index (χ1n) is 9.16. The summed E-state index contributed by atoms with van der Waals surface area (Å²) < 4.78 is 16.1. The van der Waals surface area contributed by atoms with Crippen LogP contribution in [0.5, 0.6) is 11.5 Å². The van der Waals surface area contributed by atoms with Crippen LogP contribution in [0.2, 0.25) is 0 Å². The third kappa shape index (κ3) is 5.98. The van der Waals surface area contributed by atoms with Gasteiger partial charge in [0.2, 0.25) is 0 Å². The van der Waals surface area contributed by atoms with Crippen molar-refractivity contribution in [3.8, 4) is 11.5 Å². The molecule has 144 valence electrons. The Hall–Kier alpha value is -2.57. The molecule has 2 aromatic rings. The van der Waals surface area contributed by atoms with Crippen molar-refractivity contribution in [1.29, 1.82) is 0 Å². The van der Waals surface area contributed by atoms with Crippen LogP contribution in [-0.4, -0.2) is 57.4 Å². The molecule has 0 saturated carbocycles. The van der Waals surface area contributed by atoms with Crippen molar-refractivity contribution in [2.75, 3.05) is 46.6 Å². The molecule has 27 heavy (non-hydrogen) atoms. The van der Waals surface area contributed by atoms with Crippen molar-refractivity contribution in [3.05, 3.63) is 60.2 Å². The van der Waals surface area contributed by atoms with Crippen LogP contribution in [0.4, 0.5) is 0 Å². The van der Waals surface area contributed by atoms with E-state index in [0.717, 1.165) is 44.2 Å². The summed E-state index contributed by atoms with van der Waals surface area (Å²) in [6.45, 7) is 3.94. The van der Waals surface area contributed by atoms with Crippen molar-refractivity contribution >= 4 is 5.91 Å². The van der Waals surface area contributed by atoms with Gasteiger partial charge in [0.05, 0.1) is 26.4 Å². The Kier molecular flexibility index (Phi) is 7.07. The smallest absolute Gasteiger partial charge is 0.258 e. The molecular weight excluding hydrogens is 344 g/mol. The highest BCUT2D eigenvalue weighted by molar-refractivity contribution is 5.78. The summed E-state index contributed by atoms with van der Waals surface area (Å²) >= 11 is 0. The number of nitrogens with zero attached hydrogens (tertiary/aromatic N) is 1. The van der Waals surface area contributed by atoms with Gasteiger partial charge in [-0.1, -0.05) is 30.3 Å². The molecule has 2 aromatic carbocycles. The quantitative estimate of drug-likeness (QED) is 0.772. The van der Waals surface area contributed by atoms with Crippen molar-refractivity contribution in [2.45, 2.75) is 6.04 Å². The van der Waals surface area contributed by atoms with Gasteiger partial charge in [0, 0.05) is 19.6 Å². The molecule has 1 heterocycles. The number of hydrogen-bond donors (Lipinski definition) is 1. The van der Waals surface area contributed by atoms with E-state index in [1.165, 1.54) is 0 Å². The van der Waals surface area contributed by atoms with Crippen molar-refractivity contribution in [3.63, 3.8) is 0 Å². The molecule has 1 saturated heterocycles. The van der Waals surface area contributed by atoms with Gasteiger partial charge in [-0.05, 0) is 29.8 Å². The zero-order valence-corrected chi connectivity index (χ0v) is 15.6. The molecule has 1 N–H and O–H groups in total. The van der Waals surface area contributed by atoms with Gasteiger partial charge >= 0.3 is 0 Å². The maximum atomic E-state index is 12.5. The molecule has 1 amide bonds. The van der Waals surface area contributed by atoms with E-state index in [1.807, 2.05) is 30.3 Å². The number of methoxy groups -OCH3 is 1. The molecule has 1 fully saturated rings. The number of rotatable bonds is 8. The van der Waals surface area contributed by atoms with Gasteiger partial charge < -0.3 is 19.5 Å². The number of amides is 1. The lowest BCUT2D eigenvalue weighted by molar-refractivity contribution is -0.124. The number of ether oxygens (including phenoxy) is 3. The lowest BCUT2D eigenvalue weighted by atomic mass is 10.1. The summed E-state index contributed by atoms with van der Waals surface area (Å²) in [6, 6.07) is 17.1. The van der Waals surface area contributed by atoms with Gasteiger partial charge in [-0.15, -0.1) is 0 Å². The first kappa shape index (κ1) is 19.2. The van der Waals surface area contributed by atoms with Crippen LogP contribution in [0.3, 0.4) is 0 Å². The van der Waals surface area contributed by atoms with Gasteiger partial charge in [0.15, 0.2) is 6.61 Å². The van der Waals surface area contributed by atoms with E-state index in [4.69, 9.17) is 14.2 Å². The van der Waals surface area contributed by atoms with Gasteiger partial charge in [0.1, 0.15) is 11.5 Å². The number of morpholine rings is 1. The fourth-order valence-electron chi connectivity index (χ4n) is 3.02. The highest BCUT2D eigenvalue weighted by atomic mass is 16.5. The topological polar surface area (TPSA) is 60.0 Å². The Morgan fingerprint density at radius 3 is 2.41 bits per heavy atom. The number of nitrogens with one attached hydrogen (secondary N) is 1. The van der Waals surface area contributed by atoms with Gasteiger partial charge in [0.25, 0.3) is 5.91 Å². The SMILES string of the molecule is COc1ccc(OCC(=O)N[C@H](CN2CCOCC2)c2ccccc2)cc1. The lowest BCUT2D eigenvalue weighted by Crippen LogP contribution is -2.44. The third-order valence-electron chi connectivity index (χ3n) is 4.51. The summed E-state index contributed by atoms with van der Waals surface area (Å²) in [5, 5.41) is 3.10. The van der Waals surface area contributed by atoms with Crippen LogP contribution in [0, 0.1) is 0 Å². The minimum Gasteiger partial charge on any atom is -0.497 e. The normalized spacial score (nSPS) is 15.7. The Morgan fingerprint density at radius 1 is 1.07 bits per heavy atom. The molecule has 0 aromatic heterocycles. The predicted molar refractivity (Wildman–Crippen MR) is 103 cm³/mol. The largest absolute Gasteiger partial charge is 0.497 e. The molecule has 6 nitrogen and oxygen atoms in total. The number of carbonyl (C=O) groups excluding carboxylic acids is 1. The fourth-order valence-corrected chi connectivity index (χ4v) is 3.02. The summed E-state index contributed by atoms with van der Waals surface area (Å²) in [5.74, 6) is 1.24. The zero-order chi connectivity index (χ0) is 18.9. The van der Waals surface area contributed by atoms with Crippen LogP contribution in [0.1, 0.15) is 11.6 Å². The second-order valence-corrected chi connectivity index (χ2v) is 6.41. The maximum Gasteiger partial charge on any atom is 0.258 e. The minimum absolute atomic E-state index is 0.0290. The van der Waals surface area contributed by atoms with Crippen molar-refractivity contribution in [1.82, 2.24) is 10.2 Å². The first-order chi connectivity index (χ1) is 13.2. The Morgan fingerprint density at radius 2 is 1.74 bits per heavy atom. The monoisotopic (exact) mass is 370 g/mol. The number of carbonyl (C=O) groups is 1. The van der Waals surface area contributed by atoms with E-state index in [-0.39, 0.29) is 18.6 Å². The summed E-state index contributed by atoms with van der Waals surface area (Å²) in [5.41, 5.74) is 1.08. The van der Waals surface area contributed by atoms with Gasteiger partial charge in [-0.25, -0.2) is 0 Å². The molecule has 0 aliphatic carbocycles. The highest BCUT2D eigenvalue weighted by Crippen LogP contribution is 2.18. The molecule has 0 unspecified atom stereocenters. The third-order valence-corrected chi connectivity index (χ3v) is 4.51. The van der Waals surface area contributed by atoms with E-state index in [2.05, 4.69) is 10.2 Å². The van der Waals surface area contributed by atoms with Crippen LogP contribution < -0.4 is 14.8 Å². The van der Waals surface area contributed by atoms with Gasteiger partial charge in [-0.3, -0.25) is 9.69 Å². The summed E-state index contributed by atoms with van der Waals surface area (Å²) in [7, 11) is 1.61. The second kappa shape index (κ2) is 9.94. The standard InChI is InChI=1S/C21H26N2O4/c1-25-18-7-9-19(10-8-18)27-16-21(24)22-20(17-5-3-2-4-6-17)15-23-11-13-26-14-12-23/h2-10,20H,11-16H2,1H3,(H,22,24)/t20-/m1/s1. The minimum atomic E-state index is -0.145. The Balaban J connectivity index is 1.57. The van der Waals surface area contributed by atoms with Crippen molar-refractivity contribution < 1.29 is 19.0 Å². The molecule has 1 atom stereocenters. The van der Waals surface area contributed by atoms with Crippen molar-refractivity contribution in [2.24, 2.45) is 0 Å². The Labute approximate surface area is 160 Å². The average Bonchev–Trinajstić information content (AvgIpc) is 2.73. The molecule has 3 rings (SSSR count). The molecule has 0 radical (unpaired) electrons. The molecule has 1 aliphatic heterocycles. The average molecular weight is 370 g/mol. The van der Waals surface area contributed by atoms with Crippen LogP contribution in [-0.2, 0) is 9.53 Å². The molecule has 1 aliphatic rings. The zero-order valence-electron chi connectivity index (χ0n) is 15.6. The van der Waals surface area contributed by atoms with E-state index in [0.29, 0.717) is 5.75 Å². The van der Waals surface area contributed by atoms with Crippen LogP contribution in [0.15, 0.2) is 54.6 Å². The van der Waals surface area contributed by atoms with E-state index in [1.54, 1.807) is 31.4 Å². The fraction of sp³-hybridized carbons (Fsp3) is 0.381. The molecular formula is C21H26N2O4. The highest BCUT2D eigenvalue weighted by Gasteiger charge is 2.20. The maximum absolute atomic E-state index is 12.5. The molecule has 6 heteroatoms. The first-order valence-corrected chi connectivity index (χ1v) is 9.16. The van der Waals surface area contributed by atoms with E-state index in [9.17, 15) is 4.79 Å². The number of benzene rings is 2. The summed E-state index contributed by atoms with van der Waals surface area (Å²) in [6.07, 6.45) is 0. The van der Waals surface area contributed by atoms with Crippen LogP contribution >= 0.6 is 0 Å². The van der Waals surface area contributed by atoms with Gasteiger partial charge in [-0.2, -0.15) is 0 Å². The number of hydrogen-bond acceptors (Lipinski definition) is 5. The van der Waals surface area contributed by atoms with E-state index >= 15 is 0 Å². The summed E-state index contributed by atoms with van der Waals surface area (Å²) in [4.78, 5) is 14.8.